The van der Waals surface area contributed by atoms with Gasteiger partial charge in [-0.1, -0.05) is 11.6 Å². The Bertz CT molecular complexity index is 981. The van der Waals surface area contributed by atoms with E-state index in [1.807, 2.05) is 0 Å². The molecule has 25 heavy (non-hydrogen) atoms. The third-order valence-electron chi connectivity index (χ3n) is 3.36. The van der Waals surface area contributed by atoms with Crippen molar-refractivity contribution in [1.29, 1.82) is 0 Å². The minimum absolute atomic E-state index is 0.141. The summed E-state index contributed by atoms with van der Waals surface area (Å²) in [5.41, 5.74) is 0.0564. The van der Waals surface area contributed by atoms with E-state index in [2.05, 4.69) is 15.6 Å². The van der Waals surface area contributed by atoms with Gasteiger partial charge in [0.25, 0.3) is 5.56 Å². The van der Waals surface area contributed by atoms with Gasteiger partial charge < -0.3 is 9.73 Å². The highest BCUT2D eigenvalue weighted by molar-refractivity contribution is 6.31. The van der Waals surface area contributed by atoms with Crippen molar-refractivity contribution in [3.8, 4) is 0 Å². The molecule has 0 unspecified atom stereocenters. The molecule has 0 saturated carbocycles. The molecule has 9 heteroatoms. The summed E-state index contributed by atoms with van der Waals surface area (Å²) in [6, 6.07) is 7.41. The molecule has 0 aliphatic rings. The fourth-order valence-electron chi connectivity index (χ4n) is 2.19. The van der Waals surface area contributed by atoms with Crippen LogP contribution in [0.1, 0.15) is 5.76 Å². The molecule has 3 rings (SSSR count). The van der Waals surface area contributed by atoms with Crippen LogP contribution in [0.15, 0.2) is 52.1 Å². The first-order valence-corrected chi connectivity index (χ1v) is 7.65. The Morgan fingerprint density at radius 3 is 2.88 bits per heavy atom. The van der Waals surface area contributed by atoms with E-state index < -0.39 is 17.5 Å². The zero-order valence-corrected chi connectivity index (χ0v) is 13.6. The number of furan rings is 1. The lowest BCUT2D eigenvalue weighted by Gasteiger charge is -2.08. The highest BCUT2D eigenvalue weighted by Gasteiger charge is 2.11. The molecule has 0 fully saturated rings. The summed E-state index contributed by atoms with van der Waals surface area (Å²) >= 11 is 5.88. The summed E-state index contributed by atoms with van der Waals surface area (Å²) < 4.78 is 6.16. The van der Waals surface area contributed by atoms with Crippen molar-refractivity contribution < 1.29 is 14.0 Å². The monoisotopic (exact) mass is 360 g/mol. The van der Waals surface area contributed by atoms with E-state index in [1.54, 1.807) is 24.3 Å². The summed E-state index contributed by atoms with van der Waals surface area (Å²) in [5, 5.41) is 5.29. The second-order valence-electron chi connectivity index (χ2n) is 5.15. The van der Waals surface area contributed by atoms with Crippen LogP contribution in [-0.4, -0.2) is 21.5 Å². The maximum Gasteiger partial charge on any atom is 0.321 e. The number of carbonyl (C=O) groups is 2. The van der Waals surface area contributed by atoms with Crippen LogP contribution in [0.2, 0.25) is 5.02 Å². The Hall–Kier alpha value is -3.13. The smallest absolute Gasteiger partial charge is 0.321 e. The number of amides is 3. The molecule has 0 atom stereocenters. The third kappa shape index (κ3) is 4.04. The maximum absolute atomic E-state index is 12.4. The number of hydrogen-bond acceptors (Lipinski definition) is 5. The van der Waals surface area contributed by atoms with Crippen molar-refractivity contribution in [1.82, 2.24) is 20.2 Å². The molecular weight excluding hydrogens is 348 g/mol. The maximum atomic E-state index is 12.4. The van der Waals surface area contributed by atoms with Crippen LogP contribution >= 0.6 is 11.6 Å². The molecule has 128 valence electrons. The normalized spacial score (nSPS) is 10.6. The predicted molar refractivity (Wildman–Crippen MR) is 90.1 cm³/mol. The Labute approximate surface area is 146 Å². The van der Waals surface area contributed by atoms with Gasteiger partial charge in [0.05, 0.1) is 30.0 Å². The molecular formula is C16H13ClN4O4. The quantitative estimate of drug-likeness (QED) is 0.736. The average molecular weight is 361 g/mol. The number of fused-ring (bicyclic) bond motifs is 1. The molecule has 0 aliphatic heterocycles. The zero-order chi connectivity index (χ0) is 17.8. The SMILES string of the molecule is O=C(Cn1cnc2ccc(Cl)cc2c1=O)NC(=O)NCc1ccco1. The summed E-state index contributed by atoms with van der Waals surface area (Å²) in [5.74, 6) is -0.100. The van der Waals surface area contributed by atoms with Gasteiger partial charge in [-0.05, 0) is 30.3 Å². The number of urea groups is 1. The van der Waals surface area contributed by atoms with Gasteiger partial charge in [0.2, 0.25) is 5.91 Å². The van der Waals surface area contributed by atoms with Crippen LogP contribution in [0, 0.1) is 0 Å². The van der Waals surface area contributed by atoms with E-state index in [0.717, 1.165) is 4.57 Å². The number of hydrogen-bond donors (Lipinski definition) is 2. The topological polar surface area (TPSA) is 106 Å². The van der Waals surface area contributed by atoms with Gasteiger partial charge in [-0.3, -0.25) is 19.5 Å². The highest BCUT2D eigenvalue weighted by atomic mass is 35.5. The first-order valence-electron chi connectivity index (χ1n) is 7.28. The Morgan fingerprint density at radius 1 is 1.28 bits per heavy atom. The third-order valence-corrected chi connectivity index (χ3v) is 3.59. The molecule has 2 heterocycles. The van der Waals surface area contributed by atoms with Crippen molar-refractivity contribution in [3.05, 3.63) is 64.1 Å². The molecule has 0 bridgehead atoms. The molecule has 8 nitrogen and oxygen atoms in total. The molecule has 2 aromatic heterocycles. The molecule has 0 radical (unpaired) electrons. The molecule has 3 aromatic rings. The van der Waals surface area contributed by atoms with Crippen molar-refractivity contribution in [2.24, 2.45) is 0 Å². The van der Waals surface area contributed by atoms with Crippen molar-refractivity contribution in [3.63, 3.8) is 0 Å². The fourth-order valence-corrected chi connectivity index (χ4v) is 2.36. The average Bonchev–Trinajstić information content (AvgIpc) is 3.09. The van der Waals surface area contributed by atoms with Crippen molar-refractivity contribution in [2.75, 3.05) is 0 Å². The van der Waals surface area contributed by atoms with E-state index in [9.17, 15) is 14.4 Å². The Balaban J connectivity index is 1.64. The van der Waals surface area contributed by atoms with Crippen LogP contribution in [0.5, 0.6) is 0 Å². The lowest BCUT2D eigenvalue weighted by molar-refractivity contribution is -0.120. The fraction of sp³-hybridized carbons (Fsp3) is 0.125. The second-order valence-corrected chi connectivity index (χ2v) is 5.59. The molecule has 2 N–H and O–H groups in total. The summed E-state index contributed by atoms with van der Waals surface area (Å²) in [4.78, 5) is 40.1. The molecule has 0 spiro atoms. The van der Waals surface area contributed by atoms with Crippen LogP contribution in [-0.2, 0) is 17.9 Å². The van der Waals surface area contributed by atoms with Crippen LogP contribution in [0.25, 0.3) is 10.9 Å². The van der Waals surface area contributed by atoms with Gasteiger partial charge in [-0.25, -0.2) is 9.78 Å². The number of nitrogens with one attached hydrogen (secondary N) is 2. The molecule has 1 aromatic carbocycles. The number of carbonyl (C=O) groups excluding carboxylic acids is 2. The van der Waals surface area contributed by atoms with E-state index in [4.69, 9.17) is 16.0 Å². The second kappa shape index (κ2) is 7.18. The van der Waals surface area contributed by atoms with Gasteiger partial charge in [0.15, 0.2) is 0 Å². The van der Waals surface area contributed by atoms with Crippen LogP contribution in [0.3, 0.4) is 0 Å². The zero-order valence-electron chi connectivity index (χ0n) is 12.9. The Kier molecular flexibility index (Phi) is 4.80. The van der Waals surface area contributed by atoms with E-state index in [0.29, 0.717) is 21.7 Å². The number of imide groups is 1. The largest absolute Gasteiger partial charge is 0.467 e. The first kappa shape index (κ1) is 16.7. The van der Waals surface area contributed by atoms with E-state index >= 15 is 0 Å². The summed E-state index contributed by atoms with van der Waals surface area (Å²) in [6.07, 6.45) is 2.73. The Morgan fingerprint density at radius 2 is 2.12 bits per heavy atom. The van der Waals surface area contributed by atoms with Crippen molar-refractivity contribution in [2.45, 2.75) is 13.1 Å². The van der Waals surface area contributed by atoms with Gasteiger partial charge in [-0.2, -0.15) is 0 Å². The van der Waals surface area contributed by atoms with Crippen LogP contribution in [0.4, 0.5) is 4.79 Å². The predicted octanol–water partition coefficient (Wildman–Crippen LogP) is 1.67. The lowest BCUT2D eigenvalue weighted by Crippen LogP contribution is -2.41. The lowest BCUT2D eigenvalue weighted by atomic mass is 10.2. The van der Waals surface area contributed by atoms with Gasteiger partial charge in [0.1, 0.15) is 12.3 Å². The minimum Gasteiger partial charge on any atom is -0.467 e. The summed E-state index contributed by atoms with van der Waals surface area (Å²) in [7, 11) is 0. The van der Waals surface area contributed by atoms with E-state index in [-0.39, 0.29) is 13.1 Å². The number of rotatable bonds is 4. The van der Waals surface area contributed by atoms with Crippen molar-refractivity contribution >= 4 is 34.4 Å². The molecule has 0 aliphatic carbocycles. The van der Waals surface area contributed by atoms with Gasteiger partial charge >= 0.3 is 6.03 Å². The number of halogens is 1. The minimum atomic E-state index is -0.689. The van der Waals surface area contributed by atoms with Gasteiger partial charge in [-0.15, -0.1) is 0 Å². The number of aromatic nitrogens is 2. The summed E-state index contributed by atoms with van der Waals surface area (Å²) in [6.45, 7) is -0.204. The van der Waals surface area contributed by atoms with E-state index in [1.165, 1.54) is 18.7 Å². The molecule has 3 amide bonds. The highest BCUT2D eigenvalue weighted by Crippen LogP contribution is 2.13. The van der Waals surface area contributed by atoms with Gasteiger partial charge in [0, 0.05) is 5.02 Å². The molecule has 0 saturated heterocycles. The standard InChI is InChI=1S/C16H13ClN4O4/c17-10-3-4-13-12(6-10)15(23)21(9-19-13)8-14(22)20-16(24)18-7-11-2-1-5-25-11/h1-6,9H,7-8H2,(H2,18,20,22,24). The first-order chi connectivity index (χ1) is 12.0. The van der Waals surface area contributed by atoms with Crippen LogP contribution < -0.4 is 16.2 Å². The number of benzene rings is 1. The number of nitrogens with zero attached hydrogens (tertiary/aromatic N) is 2.